The van der Waals surface area contributed by atoms with E-state index in [1.165, 1.54) is 12.1 Å². The monoisotopic (exact) mass is 310 g/mol. The number of amides is 2. The number of benzene rings is 1. The molecule has 0 aromatic heterocycles. The molecule has 8 heteroatoms. The maximum atomic E-state index is 12.1. The smallest absolute Gasteiger partial charge is 0.262 e. The van der Waals surface area contributed by atoms with Crippen molar-refractivity contribution in [2.24, 2.45) is 0 Å². The van der Waals surface area contributed by atoms with Crippen LogP contribution in [0, 0.1) is 0 Å². The number of sulfone groups is 1. The molecule has 7 nitrogen and oxygen atoms in total. The molecule has 21 heavy (non-hydrogen) atoms. The average molecular weight is 310 g/mol. The molecule has 0 spiro atoms. The molecule has 0 N–H and O–H groups in total. The molecular formula is C13H12NO6S-. The van der Waals surface area contributed by atoms with E-state index in [-0.39, 0.29) is 11.1 Å². The molecular weight excluding hydrogens is 298 g/mol. The van der Waals surface area contributed by atoms with Gasteiger partial charge in [0.15, 0.2) is 0 Å². The Morgan fingerprint density at radius 2 is 1.67 bits per heavy atom. The van der Waals surface area contributed by atoms with E-state index in [4.69, 9.17) is 0 Å². The zero-order chi connectivity index (χ0) is 15.8. The van der Waals surface area contributed by atoms with Gasteiger partial charge in [0, 0.05) is 6.26 Å². The number of hydrogen-bond donors (Lipinski definition) is 0. The number of hydrogen-bond acceptors (Lipinski definition) is 6. The van der Waals surface area contributed by atoms with Crippen LogP contribution < -0.4 is 5.11 Å². The van der Waals surface area contributed by atoms with Gasteiger partial charge < -0.3 is 9.90 Å². The third-order valence-corrected chi connectivity index (χ3v) is 4.15. The van der Waals surface area contributed by atoms with Gasteiger partial charge in [0.05, 0.1) is 28.9 Å². The fourth-order valence-electron chi connectivity index (χ4n) is 2.17. The number of aliphatic carboxylic acids is 1. The highest BCUT2D eigenvalue weighted by Crippen LogP contribution is 2.25. The third kappa shape index (κ3) is 2.94. The first kappa shape index (κ1) is 15.2. The number of carboxylic acid groups (broad SMARTS) is 1. The van der Waals surface area contributed by atoms with Crippen molar-refractivity contribution in [1.82, 2.24) is 4.90 Å². The summed E-state index contributed by atoms with van der Waals surface area (Å²) in [5.74, 6) is -3.62. The largest absolute Gasteiger partial charge is 0.548 e. The quantitative estimate of drug-likeness (QED) is 0.634. The molecule has 1 aliphatic rings. The Balaban J connectivity index is 2.33. The summed E-state index contributed by atoms with van der Waals surface area (Å²) in [4.78, 5) is 36.0. The fraction of sp³-hybridized carbons (Fsp3) is 0.308. The maximum Gasteiger partial charge on any atom is 0.262 e. The molecule has 1 heterocycles. The summed E-state index contributed by atoms with van der Waals surface area (Å²) >= 11 is 0. The number of nitrogens with zero attached hydrogens (tertiary/aromatic N) is 1. The van der Waals surface area contributed by atoms with Gasteiger partial charge in [-0.25, -0.2) is 8.42 Å². The van der Waals surface area contributed by atoms with Crippen molar-refractivity contribution in [3.8, 4) is 0 Å². The third-order valence-electron chi connectivity index (χ3n) is 3.17. The average Bonchev–Trinajstić information content (AvgIpc) is 2.63. The Morgan fingerprint density at radius 1 is 1.19 bits per heavy atom. The second-order valence-corrected chi connectivity index (χ2v) is 7.04. The number of rotatable bonds is 5. The van der Waals surface area contributed by atoms with Crippen LogP contribution in [0.15, 0.2) is 24.3 Å². The van der Waals surface area contributed by atoms with Crippen molar-refractivity contribution in [1.29, 1.82) is 0 Å². The van der Waals surface area contributed by atoms with Crippen molar-refractivity contribution in [2.45, 2.75) is 12.5 Å². The predicted molar refractivity (Wildman–Crippen MR) is 70.1 cm³/mol. The number of carboxylic acids is 1. The molecule has 0 fully saturated rings. The van der Waals surface area contributed by atoms with Crippen molar-refractivity contribution in [3.05, 3.63) is 35.4 Å². The molecule has 0 radical (unpaired) electrons. The summed E-state index contributed by atoms with van der Waals surface area (Å²) in [6.45, 7) is 0. The van der Waals surface area contributed by atoms with Crippen LogP contribution in [-0.2, 0) is 14.6 Å². The Labute approximate surface area is 121 Å². The summed E-state index contributed by atoms with van der Waals surface area (Å²) in [6, 6.07) is 4.33. The second-order valence-electron chi connectivity index (χ2n) is 4.78. The Kier molecular flexibility index (Phi) is 3.82. The van der Waals surface area contributed by atoms with Gasteiger partial charge in [0.25, 0.3) is 11.8 Å². The van der Waals surface area contributed by atoms with Crippen LogP contribution in [0.3, 0.4) is 0 Å². The van der Waals surface area contributed by atoms with Gasteiger partial charge in [-0.15, -0.1) is 0 Å². The van der Waals surface area contributed by atoms with Gasteiger partial charge in [-0.05, 0) is 18.6 Å². The van der Waals surface area contributed by atoms with E-state index in [1.54, 1.807) is 12.1 Å². The highest BCUT2D eigenvalue weighted by molar-refractivity contribution is 7.90. The predicted octanol–water partition coefficient (Wildman–Crippen LogP) is -1.16. The molecule has 2 rings (SSSR count). The zero-order valence-electron chi connectivity index (χ0n) is 11.1. The molecule has 0 aliphatic carbocycles. The molecule has 0 saturated carbocycles. The van der Waals surface area contributed by atoms with E-state index < -0.39 is 45.8 Å². The van der Waals surface area contributed by atoms with Crippen LogP contribution >= 0.6 is 0 Å². The minimum Gasteiger partial charge on any atom is -0.548 e. The molecule has 1 aliphatic heterocycles. The van der Waals surface area contributed by atoms with E-state index in [2.05, 4.69) is 0 Å². The molecule has 1 aromatic carbocycles. The maximum absolute atomic E-state index is 12.1. The van der Waals surface area contributed by atoms with Crippen molar-refractivity contribution in [2.75, 3.05) is 12.0 Å². The zero-order valence-corrected chi connectivity index (χ0v) is 11.9. The number of carbonyl (C=O) groups is 3. The van der Waals surface area contributed by atoms with Crippen LogP contribution in [0.1, 0.15) is 27.1 Å². The summed E-state index contributed by atoms with van der Waals surface area (Å²) in [5.41, 5.74) is 0.209. The molecule has 1 unspecified atom stereocenters. The normalized spacial score (nSPS) is 16.0. The van der Waals surface area contributed by atoms with Gasteiger partial charge in [0.1, 0.15) is 9.84 Å². The fourth-order valence-corrected chi connectivity index (χ4v) is 2.82. The van der Waals surface area contributed by atoms with Crippen LogP contribution in [0.25, 0.3) is 0 Å². The summed E-state index contributed by atoms with van der Waals surface area (Å²) in [7, 11) is -3.43. The lowest BCUT2D eigenvalue weighted by Gasteiger charge is -2.26. The Hall–Kier alpha value is -2.22. The van der Waals surface area contributed by atoms with Crippen molar-refractivity contribution >= 4 is 27.6 Å². The lowest BCUT2D eigenvalue weighted by Crippen LogP contribution is -2.51. The lowest BCUT2D eigenvalue weighted by molar-refractivity contribution is -0.310. The Morgan fingerprint density at radius 3 is 2.05 bits per heavy atom. The van der Waals surface area contributed by atoms with E-state index >= 15 is 0 Å². The highest BCUT2D eigenvalue weighted by Gasteiger charge is 2.40. The molecule has 1 aromatic rings. The van der Waals surface area contributed by atoms with Crippen LogP contribution in [0.5, 0.6) is 0 Å². The molecule has 1 atom stereocenters. The first-order valence-electron chi connectivity index (χ1n) is 6.08. The highest BCUT2D eigenvalue weighted by atomic mass is 32.2. The molecule has 0 bridgehead atoms. The molecule has 2 amide bonds. The first-order chi connectivity index (χ1) is 9.72. The van der Waals surface area contributed by atoms with Gasteiger partial charge in [-0.2, -0.15) is 0 Å². The SMILES string of the molecule is CS(=O)(=O)CCC(C(=O)[O-])N1C(=O)c2ccccc2C1=O. The standard InChI is InChI=1S/C13H13NO6S/c1-21(19,20)7-6-10(13(17)18)14-11(15)8-4-2-3-5-9(8)12(14)16/h2-5,10H,6-7H2,1H3,(H,17,18)/p-1. The van der Waals surface area contributed by atoms with Crippen LogP contribution in [0.2, 0.25) is 0 Å². The van der Waals surface area contributed by atoms with Gasteiger partial charge in [0.2, 0.25) is 0 Å². The van der Waals surface area contributed by atoms with Crippen molar-refractivity contribution < 1.29 is 27.9 Å². The van der Waals surface area contributed by atoms with Gasteiger partial charge in [-0.3, -0.25) is 14.5 Å². The Bertz CT molecular complexity index is 689. The number of carbonyl (C=O) groups excluding carboxylic acids is 3. The number of fused-ring (bicyclic) bond motifs is 1. The van der Waals surface area contributed by atoms with Crippen molar-refractivity contribution in [3.63, 3.8) is 0 Å². The summed E-state index contributed by atoms with van der Waals surface area (Å²) in [6.07, 6.45) is 0.550. The summed E-state index contributed by atoms with van der Waals surface area (Å²) < 4.78 is 22.3. The van der Waals surface area contributed by atoms with Gasteiger partial charge >= 0.3 is 0 Å². The minimum absolute atomic E-state index is 0.105. The topological polar surface area (TPSA) is 112 Å². The second kappa shape index (κ2) is 5.28. The summed E-state index contributed by atoms with van der Waals surface area (Å²) in [5, 5.41) is 11.2. The lowest BCUT2D eigenvalue weighted by atomic mass is 10.1. The van der Waals surface area contributed by atoms with E-state index in [1.807, 2.05) is 0 Å². The number of imide groups is 1. The molecule has 112 valence electrons. The van der Waals surface area contributed by atoms with Crippen LogP contribution in [-0.4, -0.2) is 49.2 Å². The first-order valence-corrected chi connectivity index (χ1v) is 8.14. The van der Waals surface area contributed by atoms with Crippen LogP contribution in [0.4, 0.5) is 0 Å². The van der Waals surface area contributed by atoms with Gasteiger partial charge in [-0.1, -0.05) is 12.1 Å². The molecule has 0 saturated heterocycles. The van der Waals surface area contributed by atoms with E-state index in [0.29, 0.717) is 4.90 Å². The minimum atomic E-state index is -3.43. The van der Waals surface area contributed by atoms with E-state index in [0.717, 1.165) is 6.26 Å². The van der Waals surface area contributed by atoms with E-state index in [9.17, 15) is 27.9 Å².